The van der Waals surface area contributed by atoms with Gasteiger partial charge in [0.05, 0.1) is 23.0 Å². The van der Waals surface area contributed by atoms with E-state index in [9.17, 15) is 4.79 Å². The van der Waals surface area contributed by atoms with Gasteiger partial charge < -0.3 is 4.98 Å². The van der Waals surface area contributed by atoms with Crippen molar-refractivity contribution in [2.45, 2.75) is 31.3 Å². The molecule has 0 unspecified atom stereocenters. The van der Waals surface area contributed by atoms with Crippen LogP contribution >= 0.6 is 11.8 Å². The maximum atomic E-state index is 11.9. The number of fused-ring (bicyclic) bond motifs is 1. The van der Waals surface area contributed by atoms with Gasteiger partial charge in [-0.05, 0) is 28.7 Å². The summed E-state index contributed by atoms with van der Waals surface area (Å²) in [5.74, 6) is 0.0816. The smallest absolute Gasteiger partial charge is 0.250 e. The molecule has 0 aliphatic heterocycles. The number of nitrogens with zero attached hydrogens (tertiary/aromatic N) is 2. The number of thioether (sulfide) groups is 1. The molecule has 0 radical (unpaired) electrons. The normalized spacial score (nSPS) is 12.0. The Bertz CT molecular complexity index is 890. The van der Waals surface area contributed by atoms with Crippen molar-refractivity contribution in [3.05, 3.63) is 59.7 Å². The van der Waals surface area contributed by atoms with Crippen molar-refractivity contribution < 1.29 is 4.79 Å². The molecule has 0 fully saturated rings. The van der Waals surface area contributed by atoms with Crippen molar-refractivity contribution in [2.24, 2.45) is 5.10 Å². The first-order valence-corrected chi connectivity index (χ1v) is 9.40. The minimum Gasteiger partial charge on any atom is -0.333 e. The monoisotopic (exact) mass is 366 g/mol. The van der Waals surface area contributed by atoms with Crippen LogP contribution in [0.1, 0.15) is 31.9 Å². The number of hydrazone groups is 1. The number of carbonyl (C=O) groups is 1. The minimum atomic E-state index is -0.169. The van der Waals surface area contributed by atoms with Crippen LogP contribution in [0, 0.1) is 0 Å². The molecular formula is C20H22N4OS. The van der Waals surface area contributed by atoms with Gasteiger partial charge in [-0.1, -0.05) is 68.9 Å². The summed E-state index contributed by atoms with van der Waals surface area (Å²) in [4.78, 5) is 19.5. The second-order valence-corrected chi connectivity index (χ2v) is 7.98. The maximum absolute atomic E-state index is 11.9. The van der Waals surface area contributed by atoms with Crippen LogP contribution in [0.5, 0.6) is 0 Å². The second kappa shape index (κ2) is 7.74. The zero-order valence-corrected chi connectivity index (χ0v) is 15.9. The topological polar surface area (TPSA) is 70.1 Å². The van der Waals surface area contributed by atoms with Gasteiger partial charge in [-0.25, -0.2) is 10.4 Å². The molecule has 2 N–H and O–H groups in total. The van der Waals surface area contributed by atoms with Crippen LogP contribution in [-0.2, 0) is 10.2 Å². The molecule has 3 aromatic rings. The van der Waals surface area contributed by atoms with Crippen molar-refractivity contribution >= 4 is 34.9 Å². The van der Waals surface area contributed by atoms with E-state index in [-0.39, 0.29) is 17.1 Å². The van der Waals surface area contributed by atoms with Gasteiger partial charge in [-0.3, -0.25) is 4.79 Å². The van der Waals surface area contributed by atoms with Gasteiger partial charge in [0.15, 0.2) is 5.16 Å². The van der Waals surface area contributed by atoms with E-state index in [0.29, 0.717) is 0 Å². The fraction of sp³-hybridized carbons (Fsp3) is 0.250. The predicted octanol–water partition coefficient (Wildman–Crippen LogP) is 4.10. The summed E-state index contributed by atoms with van der Waals surface area (Å²) in [6.07, 6.45) is 1.65. The second-order valence-electron chi connectivity index (χ2n) is 7.01. The van der Waals surface area contributed by atoms with Gasteiger partial charge in [-0.2, -0.15) is 5.10 Å². The Hall–Kier alpha value is -2.60. The van der Waals surface area contributed by atoms with Crippen LogP contribution in [0.2, 0.25) is 0 Å². The highest BCUT2D eigenvalue weighted by Crippen LogP contribution is 2.22. The van der Waals surface area contributed by atoms with E-state index in [1.54, 1.807) is 6.21 Å². The number of carbonyl (C=O) groups excluding carboxylic acids is 1. The minimum absolute atomic E-state index is 0.123. The van der Waals surface area contributed by atoms with Crippen LogP contribution in [0.3, 0.4) is 0 Å². The molecule has 6 heteroatoms. The number of rotatable bonds is 5. The van der Waals surface area contributed by atoms with Gasteiger partial charge in [-0.15, -0.1) is 0 Å². The van der Waals surface area contributed by atoms with Crippen molar-refractivity contribution in [3.63, 3.8) is 0 Å². The van der Waals surface area contributed by atoms with Gasteiger partial charge in [0.25, 0.3) is 5.91 Å². The molecule has 26 heavy (non-hydrogen) atoms. The third-order valence-corrected chi connectivity index (χ3v) is 4.76. The molecule has 134 valence electrons. The van der Waals surface area contributed by atoms with Crippen molar-refractivity contribution in [1.29, 1.82) is 0 Å². The highest BCUT2D eigenvalue weighted by atomic mass is 32.2. The van der Waals surface area contributed by atoms with E-state index in [0.717, 1.165) is 21.8 Å². The van der Waals surface area contributed by atoms with Crippen LogP contribution < -0.4 is 5.43 Å². The Kier molecular flexibility index (Phi) is 5.42. The van der Waals surface area contributed by atoms with Crippen LogP contribution in [-0.4, -0.2) is 27.8 Å². The molecule has 1 aromatic heterocycles. The Morgan fingerprint density at radius 3 is 2.62 bits per heavy atom. The summed E-state index contributed by atoms with van der Waals surface area (Å²) in [7, 11) is 0. The highest BCUT2D eigenvalue weighted by molar-refractivity contribution is 7.99. The van der Waals surface area contributed by atoms with E-state index >= 15 is 0 Å². The lowest BCUT2D eigenvalue weighted by molar-refractivity contribution is -0.118. The third-order valence-electron chi connectivity index (χ3n) is 3.89. The molecule has 0 saturated heterocycles. The molecule has 0 aliphatic carbocycles. The SMILES string of the molecule is CC(C)(C)c1ccc(/C=N/NC(=O)CSc2nc3ccccc3[nH]2)cc1. The lowest BCUT2D eigenvalue weighted by Gasteiger charge is -2.18. The summed E-state index contributed by atoms with van der Waals surface area (Å²) < 4.78 is 0. The Morgan fingerprint density at radius 2 is 1.92 bits per heavy atom. The van der Waals surface area contributed by atoms with Crippen LogP contribution in [0.15, 0.2) is 58.8 Å². The molecule has 0 aliphatic rings. The molecular weight excluding hydrogens is 344 g/mol. The number of para-hydroxylation sites is 2. The first-order valence-electron chi connectivity index (χ1n) is 8.42. The Labute approximate surface area is 157 Å². The molecule has 1 heterocycles. The van der Waals surface area contributed by atoms with E-state index < -0.39 is 0 Å². The molecule has 0 spiro atoms. The zero-order chi connectivity index (χ0) is 18.6. The van der Waals surface area contributed by atoms with Gasteiger partial charge in [0.2, 0.25) is 0 Å². The number of amides is 1. The molecule has 3 rings (SSSR count). The molecule has 1 amide bonds. The number of H-pyrrole nitrogens is 1. The van der Waals surface area contributed by atoms with Crippen LogP contribution in [0.25, 0.3) is 11.0 Å². The average molecular weight is 366 g/mol. The van der Waals surface area contributed by atoms with Crippen molar-refractivity contribution in [1.82, 2.24) is 15.4 Å². The number of hydrogen-bond acceptors (Lipinski definition) is 4. The average Bonchev–Trinajstić information content (AvgIpc) is 3.03. The zero-order valence-electron chi connectivity index (χ0n) is 15.1. The van der Waals surface area contributed by atoms with Gasteiger partial charge in [0, 0.05) is 0 Å². The number of benzene rings is 2. The van der Waals surface area contributed by atoms with E-state index in [1.807, 2.05) is 36.4 Å². The molecule has 5 nitrogen and oxygen atoms in total. The Balaban J connectivity index is 1.49. The fourth-order valence-electron chi connectivity index (χ4n) is 2.41. The first-order chi connectivity index (χ1) is 12.4. The molecule has 0 saturated carbocycles. The van der Waals surface area contributed by atoms with Crippen molar-refractivity contribution in [3.8, 4) is 0 Å². The number of aromatic amines is 1. The van der Waals surface area contributed by atoms with E-state index in [4.69, 9.17) is 0 Å². The molecule has 0 bridgehead atoms. The maximum Gasteiger partial charge on any atom is 0.250 e. The van der Waals surface area contributed by atoms with Gasteiger partial charge >= 0.3 is 0 Å². The van der Waals surface area contributed by atoms with E-state index in [1.165, 1.54) is 17.3 Å². The molecule has 0 atom stereocenters. The number of imidazole rings is 1. The number of hydrogen-bond donors (Lipinski definition) is 2. The van der Waals surface area contributed by atoms with E-state index in [2.05, 4.69) is 53.4 Å². The number of aromatic nitrogens is 2. The lowest BCUT2D eigenvalue weighted by Crippen LogP contribution is -2.19. The predicted molar refractivity (Wildman–Crippen MR) is 108 cm³/mol. The first kappa shape index (κ1) is 18.2. The highest BCUT2D eigenvalue weighted by Gasteiger charge is 2.12. The Morgan fingerprint density at radius 1 is 1.19 bits per heavy atom. The quantitative estimate of drug-likeness (QED) is 0.406. The largest absolute Gasteiger partial charge is 0.333 e. The number of nitrogens with one attached hydrogen (secondary N) is 2. The lowest BCUT2D eigenvalue weighted by atomic mass is 9.87. The summed E-state index contributed by atoms with van der Waals surface area (Å²) >= 11 is 1.35. The molecule has 2 aromatic carbocycles. The van der Waals surface area contributed by atoms with Crippen molar-refractivity contribution in [2.75, 3.05) is 5.75 Å². The third kappa shape index (κ3) is 4.73. The summed E-state index contributed by atoms with van der Waals surface area (Å²) in [6.45, 7) is 6.53. The summed E-state index contributed by atoms with van der Waals surface area (Å²) in [5, 5.41) is 4.75. The van der Waals surface area contributed by atoms with Crippen LogP contribution in [0.4, 0.5) is 0 Å². The summed E-state index contributed by atoms with van der Waals surface area (Å²) in [5.41, 5.74) is 6.74. The standard InChI is InChI=1S/C20H22N4OS/c1-20(2,3)15-10-8-14(9-11-15)12-21-24-18(25)13-26-19-22-16-6-4-5-7-17(16)23-19/h4-12H,13H2,1-3H3,(H,22,23)(H,24,25)/b21-12+. The summed E-state index contributed by atoms with van der Waals surface area (Å²) in [6, 6.07) is 15.9. The fourth-order valence-corrected chi connectivity index (χ4v) is 3.09. The van der Waals surface area contributed by atoms with Gasteiger partial charge in [0.1, 0.15) is 0 Å².